The molecule has 0 aromatic carbocycles. The summed E-state index contributed by atoms with van der Waals surface area (Å²) in [5.41, 5.74) is 6.09. The van der Waals surface area contributed by atoms with E-state index in [0.717, 1.165) is 19.3 Å². The molecule has 0 aromatic rings. The van der Waals surface area contributed by atoms with Gasteiger partial charge in [-0.2, -0.15) is 0 Å². The second-order valence-corrected chi connectivity index (χ2v) is 5.48. The Morgan fingerprint density at radius 1 is 1.06 bits per heavy atom. The zero-order valence-electron chi connectivity index (χ0n) is 10.1. The highest BCUT2D eigenvalue weighted by molar-refractivity contribution is 5.76. The summed E-state index contributed by atoms with van der Waals surface area (Å²) in [6.45, 7) is 0. The molecule has 92 valence electrons. The van der Waals surface area contributed by atoms with Crippen LogP contribution in [0.5, 0.6) is 0 Å². The van der Waals surface area contributed by atoms with E-state index < -0.39 is 0 Å². The fourth-order valence-electron chi connectivity index (χ4n) is 2.74. The minimum atomic E-state index is 0.174. The average molecular weight is 224 g/mol. The Bertz CT molecular complexity index is 238. The molecule has 0 spiro atoms. The number of nitrogens with two attached hydrogens (primary N) is 1. The third kappa shape index (κ3) is 3.21. The second-order valence-electron chi connectivity index (χ2n) is 5.48. The number of nitrogens with one attached hydrogen (secondary N) is 1. The van der Waals surface area contributed by atoms with E-state index in [9.17, 15) is 4.79 Å². The molecule has 2 aliphatic rings. The van der Waals surface area contributed by atoms with Crippen molar-refractivity contribution in [2.45, 2.75) is 69.9 Å². The summed E-state index contributed by atoms with van der Waals surface area (Å²) in [6.07, 6.45) is 10.3. The van der Waals surface area contributed by atoms with Crippen molar-refractivity contribution in [1.29, 1.82) is 0 Å². The lowest BCUT2D eigenvalue weighted by Crippen LogP contribution is -2.47. The maximum absolute atomic E-state index is 11.8. The molecule has 2 aliphatic carbocycles. The molecule has 16 heavy (non-hydrogen) atoms. The van der Waals surface area contributed by atoms with Gasteiger partial charge in [-0.25, -0.2) is 0 Å². The van der Waals surface area contributed by atoms with E-state index in [-0.39, 0.29) is 18.0 Å². The lowest BCUT2D eigenvalue weighted by Gasteiger charge is -2.27. The number of rotatable bonds is 3. The lowest BCUT2D eigenvalue weighted by molar-refractivity contribution is -0.123. The summed E-state index contributed by atoms with van der Waals surface area (Å²) in [4.78, 5) is 11.8. The van der Waals surface area contributed by atoms with Crippen molar-refractivity contribution in [1.82, 2.24) is 5.32 Å². The summed E-state index contributed by atoms with van der Waals surface area (Å²) in [5.74, 6) is 0.883. The van der Waals surface area contributed by atoms with E-state index in [2.05, 4.69) is 5.32 Å². The average Bonchev–Trinajstić information content (AvgIpc) is 2.39. The van der Waals surface area contributed by atoms with Crippen LogP contribution < -0.4 is 11.1 Å². The van der Waals surface area contributed by atoms with Crippen LogP contribution in [0.2, 0.25) is 0 Å². The van der Waals surface area contributed by atoms with Crippen molar-refractivity contribution in [2.75, 3.05) is 0 Å². The maximum Gasteiger partial charge on any atom is 0.220 e. The summed E-state index contributed by atoms with van der Waals surface area (Å²) in [7, 11) is 0. The van der Waals surface area contributed by atoms with E-state index in [1.165, 1.54) is 38.5 Å². The molecule has 3 N–H and O–H groups in total. The van der Waals surface area contributed by atoms with Gasteiger partial charge in [-0.1, -0.05) is 25.7 Å². The molecule has 0 aromatic heterocycles. The van der Waals surface area contributed by atoms with Gasteiger partial charge in [0.2, 0.25) is 5.91 Å². The van der Waals surface area contributed by atoms with E-state index in [1.54, 1.807) is 0 Å². The monoisotopic (exact) mass is 224 g/mol. The molecule has 3 nitrogen and oxygen atoms in total. The number of carbonyl (C=O) groups excluding carboxylic acids is 1. The molecular formula is C13H24N2O. The first-order valence-electron chi connectivity index (χ1n) is 6.80. The van der Waals surface area contributed by atoms with Crippen LogP contribution in [-0.2, 0) is 4.79 Å². The Labute approximate surface area is 98.2 Å². The molecule has 2 saturated carbocycles. The summed E-state index contributed by atoms with van der Waals surface area (Å²) in [5, 5.41) is 3.14. The molecule has 0 saturated heterocycles. The van der Waals surface area contributed by atoms with Gasteiger partial charge in [0.25, 0.3) is 0 Å². The highest BCUT2D eigenvalue weighted by Gasteiger charge is 2.25. The van der Waals surface area contributed by atoms with Gasteiger partial charge in [0.1, 0.15) is 0 Å². The quantitative estimate of drug-likeness (QED) is 0.720. The van der Waals surface area contributed by atoms with Crippen molar-refractivity contribution < 1.29 is 4.79 Å². The van der Waals surface area contributed by atoms with Gasteiger partial charge in [-0.3, -0.25) is 4.79 Å². The van der Waals surface area contributed by atoms with E-state index in [0.29, 0.717) is 5.92 Å². The van der Waals surface area contributed by atoms with Gasteiger partial charge in [0.05, 0.1) is 0 Å². The lowest BCUT2D eigenvalue weighted by atomic mass is 9.83. The van der Waals surface area contributed by atoms with Crippen molar-refractivity contribution in [2.24, 2.45) is 11.7 Å². The first kappa shape index (κ1) is 11.9. The predicted molar refractivity (Wildman–Crippen MR) is 64.9 cm³/mol. The molecular weight excluding hydrogens is 200 g/mol. The third-order valence-electron chi connectivity index (χ3n) is 4.11. The van der Waals surface area contributed by atoms with Crippen LogP contribution in [0.15, 0.2) is 0 Å². The molecule has 2 fully saturated rings. The Morgan fingerprint density at radius 2 is 1.81 bits per heavy atom. The Balaban J connectivity index is 1.74. The van der Waals surface area contributed by atoms with Crippen LogP contribution in [0.1, 0.15) is 57.8 Å². The van der Waals surface area contributed by atoms with Gasteiger partial charge in [0.15, 0.2) is 0 Å². The van der Waals surface area contributed by atoms with Crippen LogP contribution in [0.25, 0.3) is 0 Å². The summed E-state index contributed by atoms with van der Waals surface area (Å²) < 4.78 is 0. The Hall–Kier alpha value is -0.570. The van der Waals surface area contributed by atoms with Crippen molar-refractivity contribution >= 4 is 5.91 Å². The van der Waals surface area contributed by atoms with E-state index >= 15 is 0 Å². The van der Waals surface area contributed by atoms with E-state index in [1.807, 2.05) is 0 Å². The standard InChI is InChI=1S/C13H24N2O/c14-11-7-2-1-3-8-12(11)15-13(16)9-10-5-4-6-10/h10-12H,1-9,14H2,(H,15,16). The molecule has 0 heterocycles. The molecule has 2 rings (SSSR count). The van der Waals surface area contributed by atoms with Crippen LogP contribution in [0, 0.1) is 5.92 Å². The zero-order chi connectivity index (χ0) is 11.4. The highest BCUT2D eigenvalue weighted by Crippen LogP contribution is 2.29. The third-order valence-corrected chi connectivity index (χ3v) is 4.11. The van der Waals surface area contributed by atoms with Crippen LogP contribution in [0.4, 0.5) is 0 Å². The number of amides is 1. The molecule has 0 aliphatic heterocycles. The Morgan fingerprint density at radius 3 is 2.50 bits per heavy atom. The van der Waals surface area contributed by atoms with Gasteiger partial charge >= 0.3 is 0 Å². The number of hydrogen-bond acceptors (Lipinski definition) is 2. The van der Waals surface area contributed by atoms with Gasteiger partial charge in [0, 0.05) is 18.5 Å². The molecule has 2 atom stereocenters. The molecule has 1 amide bonds. The minimum Gasteiger partial charge on any atom is -0.352 e. The smallest absolute Gasteiger partial charge is 0.220 e. The van der Waals surface area contributed by atoms with Crippen molar-refractivity contribution in [3.8, 4) is 0 Å². The van der Waals surface area contributed by atoms with Crippen LogP contribution in [0.3, 0.4) is 0 Å². The second kappa shape index (κ2) is 5.67. The van der Waals surface area contributed by atoms with Crippen LogP contribution >= 0.6 is 0 Å². The number of carbonyl (C=O) groups is 1. The molecule has 0 radical (unpaired) electrons. The number of hydrogen-bond donors (Lipinski definition) is 2. The van der Waals surface area contributed by atoms with Crippen molar-refractivity contribution in [3.05, 3.63) is 0 Å². The molecule has 0 bridgehead atoms. The van der Waals surface area contributed by atoms with Gasteiger partial charge in [-0.05, 0) is 31.6 Å². The highest BCUT2D eigenvalue weighted by atomic mass is 16.1. The normalized spacial score (nSPS) is 31.6. The summed E-state index contributed by atoms with van der Waals surface area (Å²) >= 11 is 0. The maximum atomic E-state index is 11.8. The van der Waals surface area contributed by atoms with Gasteiger partial charge < -0.3 is 11.1 Å². The topological polar surface area (TPSA) is 55.1 Å². The fourth-order valence-corrected chi connectivity index (χ4v) is 2.74. The van der Waals surface area contributed by atoms with Crippen LogP contribution in [-0.4, -0.2) is 18.0 Å². The SMILES string of the molecule is NC1CCCCCC1NC(=O)CC1CCC1. The van der Waals surface area contributed by atoms with Crippen molar-refractivity contribution in [3.63, 3.8) is 0 Å². The van der Waals surface area contributed by atoms with Gasteiger partial charge in [-0.15, -0.1) is 0 Å². The molecule has 3 heteroatoms. The first-order chi connectivity index (χ1) is 7.75. The fraction of sp³-hybridized carbons (Fsp3) is 0.923. The largest absolute Gasteiger partial charge is 0.352 e. The first-order valence-corrected chi connectivity index (χ1v) is 6.80. The minimum absolute atomic E-state index is 0.174. The Kier molecular flexibility index (Phi) is 4.22. The predicted octanol–water partition coefficient (Wildman–Crippen LogP) is 1.95. The summed E-state index contributed by atoms with van der Waals surface area (Å²) in [6, 6.07) is 0.405. The van der Waals surface area contributed by atoms with E-state index in [4.69, 9.17) is 5.73 Å². The molecule has 2 unspecified atom stereocenters. The zero-order valence-corrected chi connectivity index (χ0v) is 10.1.